The van der Waals surface area contributed by atoms with Gasteiger partial charge >= 0.3 is 0 Å². The summed E-state index contributed by atoms with van der Waals surface area (Å²) in [6.45, 7) is 4.69. The molecule has 1 heterocycles. The Balaban J connectivity index is 1.81. The molecule has 5 nitrogen and oxygen atoms in total. The number of piperazine rings is 1. The molecular weight excluding hydrogens is 321 g/mol. The summed E-state index contributed by atoms with van der Waals surface area (Å²) in [6.07, 6.45) is 0. The van der Waals surface area contributed by atoms with Crippen LogP contribution in [-0.2, 0) is 0 Å². The van der Waals surface area contributed by atoms with E-state index >= 15 is 0 Å². The number of hydrogen-bond donors (Lipinski definition) is 2. The molecule has 1 aliphatic rings. The maximum atomic E-state index is 13.8. The standard InChI is InChI=1S/C19H20FN3O2/c1-13-6-7-14(19(25)23-10-8-21-9-11-23)12-17(13)22-18(24)15-4-2-3-5-16(15)20/h2-7,12,21H,8-11H2,1H3,(H,22,24). The van der Waals surface area contributed by atoms with Gasteiger partial charge in [0.25, 0.3) is 11.8 Å². The van der Waals surface area contributed by atoms with Crippen molar-refractivity contribution in [3.8, 4) is 0 Å². The molecule has 1 fully saturated rings. The van der Waals surface area contributed by atoms with Crippen LogP contribution in [0.15, 0.2) is 42.5 Å². The van der Waals surface area contributed by atoms with Crippen LogP contribution >= 0.6 is 0 Å². The lowest BCUT2D eigenvalue weighted by Gasteiger charge is -2.27. The average Bonchev–Trinajstić information content (AvgIpc) is 2.64. The third kappa shape index (κ3) is 3.85. The van der Waals surface area contributed by atoms with Gasteiger partial charge in [-0.05, 0) is 36.8 Å². The Hall–Kier alpha value is -2.73. The van der Waals surface area contributed by atoms with E-state index in [0.717, 1.165) is 18.7 Å². The number of carbonyl (C=O) groups is 2. The van der Waals surface area contributed by atoms with E-state index in [0.29, 0.717) is 24.3 Å². The summed E-state index contributed by atoms with van der Waals surface area (Å²) in [5.41, 5.74) is 1.80. The maximum absolute atomic E-state index is 13.8. The van der Waals surface area contributed by atoms with E-state index in [2.05, 4.69) is 10.6 Å². The second-order valence-corrected chi connectivity index (χ2v) is 6.01. The van der Waals surface area contributed by atoms with Crippen molar-refractivity contribution in [2.75, 3.05) is 31.5 Å². The zero-order chi connectivity index (χ0) is 17.8. The summed E-state index contributed by atoms with van der Waals surface area (Å²) in [7, 11) is 0. The molecule has 0 atom stereocenters. The Morgan fingerprint density at radius 2 is 1.84 bits per heavy atom. The topological polar surface area (TPSA) is 61.4 Å². The number of halogens is 1. The quantitative estimate of drug-likeness (QED) is 0.901. The van der Waals surface area contributed by atoms with Gasteiger partial charge in [0.15, 0.2) is 0 Å². The van der Waals surface area contributed by atoms with Crippen molar-refractivity contribution in [2.24, 2.45) is 0 Å². The number of hydrogen-bond acceptors (Lipinski definition) is 3. The summed E-state index contributed by atoms with van der Waals surface area (Å²) in [5, 5.41) is 5.91. The van der Waals surface area contributed by atoms with Gasteiger partial charge in [-0.15, -0.1) is 0 Å². The van der Waals surface area contributed by atoms with Gasteiger partial charge in [0.1, 0.15) is 5.82 Å². The van der Waals surface area contributed by atoms with E-state index in [1.165, 1.54) is 18.2 Å². The smallest absolute Gasteiger partial charge is 0.258 e. The van der Waals surface area contributed by atoms with Crippen LogP contribution in [0.1, 0.15) is 26.3 Å². The monoisotopic (exact) mass is 341 g/mol. The Morgan fingerprint density at radius 3 is 2.56 bits per heavy atom. The highest BCUT2D eigenvalue weighted by molar-refractivity contribution is 6.05. The Morgan fingerprint density at radius 1 is 1.12 bits per heavy atom. The number of amides is 2. The summed E-state index contributed by atoms with van der Waals surface area (Å²) in [4.78, 5) is 26.7. The van der Waals surface area contributed by atoms with Crippen molar-refractivity contribution in [1.29, 1.82) is 0 Å². The molecule has 0 aromatic heterocycles. The normalized spacial score (nSPS) is 14.2. The molecule has 0 saturated carbocycles. The Bertz CT molecular complexity index is 801. The first-order valence-electron chi connectivity index (χ1n) is 8.23. The minimum absolute atomic E-state index is 0.0271. The van der Waals surface area contributed by atoms with Crippen molar-refractivity contribution >= 4 is 17.5 Å². The number of carbonyl (C=O) groups excluding carboxylic acids is 2. The van der Waals surface area contributed by atoms with Crippen molar-refractivity contribution < 1.29 is 14.0 Å². The van der Waals surface area contributed by atoms with E-state index in [-0.39, 0.29) is 11.5 Å². The molecule has 0 aliphatic carbocycles. The molecule has 0 spiro atoms. The van der Waals surface area contributed by atoms with Crippen LogP contribution in [0.2, 0.25) is 0 Å². The molecule has 3 rings (SSSR count). The fraction of sp³-hybridized carbons (Fsp3) is 0.263. The summed E-state index contributed by atoms with van der Waals surface area (Å²) in [6, 6.07) is 11.0. The van der Waals surface area contributed by atoms with Crippen LogP contribution in [-0.4, -0.2) is 42.9 Å². The van der Waals surface area contributed by atoms with Crippen LogP contribution in [0, 0.1) is 12.7 Å². The van der Waals surface area contributed by atoms with Gasteiger partial charge in [-0.3, -0.25) is 9.59 Å². The fourth-order valence-corrected chi connectivity index (χ4v) is 2.78. The van der Waals surface area contributed by atoms with E-state index < -0.39 is 11.7 Å². The maximum Gasteiger partial charge on any atom is 0.258 e. The van der Waals surface area contributed by atoms with E-state index in [1.807, 2.05) is 6.92 Å². The highest BCUT2D eigenvalue weighted by Crippen LogP contribution is 2.20. The first kappa shape index (κ1) is 17.1. The lowest BCUT2D eigenvalue weighted by molar-refractivity contribution is 0.0735. The van der Waals surface area contributed by atoms with E-state index in [1.54, 1.807) is 29.2 Å². The molecule has 0 radical (unpaired) electrons. The summed E-state index contributed by atoms with van der Waals surface area (Å²) >= 11 is 0. The Labute approximate surface area is 145 Å². The van der Waals surface area contributed by atoms with Gasteiger partial charge < -0.3 is 15.5 Å². The molecule has 25 heavy (non-hydrogen) atoms. The first-order chi connectivity index (χ1) is 12.1. The van der Waals surface area contributed by atoms with Crippen molar-refractivity contribution in [3.05, 3.63) is 65.0 Å². The van der Waals surface area contributed by atoms with Gasteiger partial charge in [0.2, 0.25) is 0 Å². The van der Waals surface area contributed by atoms with E-state index in [4.69, 9.17) is 0 Å². The lowest BCUT2D eigenvalue weighted by Crippen LogP contribution is -2.46. The molecule has 2 aromatic rings. The minimum atomic E-state index is -0.578. The third-order valence-corrected chi connectivity index (χ3v) is 4.26. The second-order valence-electron chi connectivity index (χ2n) is 6.01. The molecular formula is C19H20FN3O2. The largest absolute Gasteiger partial charge is 0.336 e. The van der Waals surface area contributed by atoms with Gasteiger partial charge in [0.05, 0.1) is 5.56 Å². The SMILES string of the molecule is Cc1ccc(C(=O)N2CCNCC2)cc1NC(=O)c1ccccc1F. The molecule has 2 N–H and O–H groups in total. The molecule has 2 aromatic carbocycles. The van der Waals surface area contributed by atoms with Gasteiger partial charge in [0, 0.05) is 37.4 Å². The number of anilines is 1. The molecule has 6 heteroatoms. The number of nitrogens with one attached hydrogen (secondary N) is 2. The van der Waals surface area contributed by atoms with Crippen LogP contribution in [0.5, 0.6) is 0 Å². The van der Waals surface area contributed by atoms with E-state index in [9.17, 15) is 14.0 Å². The third-order valence-electron chi connectivity index (χ3n) is 4.26. The van der Waals surface area contributed by atoms with Crippen molar-refractivity contribution in [2.45, 2.75) is 6.92 Å². The molecule has 2 amide bonds. The van der Waals surface area contributed by atoms with Crippen LogP contribution < -0.4 is 10.6 Å². The predicted octanol–water partition coefficient (Wildman–Crippen LogP) is 2.43. The highest BCUT2D eigenvalue weighted by atomic mass is 19.1. The molecule has 1 aliphatic heterocycles. The predicted molar refractivity (Wildman–Crippen MR) is 94.3 cm³/mol. The zero-order valence-corrected chi connectivity index (χ0v) is 14.0. The molecule has 0 bridgehead atoms. The summed E-state index contributed by atoms with van der Waals surface area (Å²) in [5.74, 6) is -1.18. The lowest BCUT2D eigenvalue weighted by atomic mass is 10.1. The number of aryl methyl sites for hydroxylation is 1. The number of benzene rings is 2. The average molecular weight is 341 g/mol. The summed E-state index contributed by atoms with van der Waals surface area (Å²) < 4.78 is 13.8. The molecule has 0 unspecified atom stereocenters. The van der Waals surface area contributed by atoms with Gasteiger partial charge in [-0.2, -0.15) is 0 Å². The van der Waals surface area contributed by atoms with Crippen LogP contribution in [0.25, 0.3) is 0 Å². The van der Waals surface area contributed by atoms with Crippen molar-refractivity contribution in [3.63, 3.8) is 0 Å². The van der Waals surface area contributed by atoms with Crippen LogP contribution in [0.3, 0.4) is 0 Å². The van der Waals surface area contributed by atoms with Gasteiger partial charge in [-0.1, -0.05) is 18.2 Å². The number of nitrogens with zero attached hydrogens (tertiary/aromatic N) is 1. The van der Waals surface area contributed by atoms with Crippen molar-refractivity contribution in [1.82, 2.24) is 10.2 Å². The first-order valence-corrected chi connectivity index (χ1v) is 8.23. The zero-order valence-electron chi connectivity index (χ0n) is 14.0. The minimum Gasteiger partial charge on any atom is -0.336 e. The van der Waals surface area contributed by atoms with Gasteiger partial charge in [-0.25, -0.2) is 4.39 Å². The fourth-order valence-electron chi connectivity index (χ4n) is 2.78. The molecule has 130 valence electrons. The highest BCUT2D eigenvalue weighted by Gasteiger charge is 2.19. The number of rotatable bonds is 3. The van der Waals surface area contributed by atoms with Crippen LogP contribution in [0.4, 0.5) is 10.1 Å². The second kappa shape index (κ2) is 7.44. The Kier molecular flexibility index (Phi) is 5.09. The molecule has 1 saturated heterocycles.